The second-order valence-electron chi connectivity index (χ2n) is 7.70. The lowest BCUT2D eigenvalue weighted by atomic mass is 10.1. The van der Waals surface area contributed by atoms with E-state index in [0.717, 1.165) is 16.9 Å². The van der Waals surface area contributed by atoms with Crippen LogP contribution in [0.3, 0.4) is 0 Å². The molecule has 2 N–H and O–H groups in total. The third-order valence-electron chi connectivity index (χ3n) is 4.38. The van der Waals surface area contributed by atoms with Crippen molar-refractivity contribution < 1.29 is 4.79 Å². The number of rotatable bonds is 8. The number of nitrogens with one attached hydrogen (secondary N) is 2. The minimum Gasteiger partial charge on any atom is -0.368 e. The molecule has 8 heteroatoms. The minimum absolute atomic E-state index is 0.0593. The third kappa shape index (κ3) is 5.03. The summed E-state index contributed by atoms with van der Waals surface area (Å²) in [5.74, 6) is 1.98. The number of fused-ring (bicyclic) bond motifs is 1. The van der Waals surface area contributed by atoms with E-state index in [1.807, 2.05) is 52.0 Å². The monoisotopic (exact) mass is 414 g/mol. The van der Waals surface area contributed by atoms with Gasteiger partial charge in [-0.15, -0.1) is 0 Å². The molecule has 0 saturated carbocycles. The lowest BCUT2D eigenvalue weighted by molar-refractivity contribution is -0.121. The number of aromatic nitrogens is 4. The summed E-state index contributed by atoms with van der Waals surface area (Å²) in [7, 11) is 0. The van der Waals surface area contributed by atoms with Crippen molar-refractivity contribution in [3.63, 3.8) is 0 Å². The Hall–Kier alpha value is -2.67. The first-order chi connectivity index (χ1) is 13.9. The van der Waals surface area contributed by atoms with Gasteiger partial charge in [0.25, 0.3) is 0 Å². The van der Waals surface area contributed by atoms with E-state index in [1.165, 1.54) is 0 Å². The van der Waals surface area contributed by atoms with Crippen LogP contribution in [0.2, 0.25) is 5.02 Å². The van der Waals surface area contributed by atoms with Crippen LogP contribution in [0.15, 0.2) is 30.5 Å². The summed E-state index contributed by atoms with van der Waals surface area (Å²) in [5, 5.41) is 12.2. The van der Waals surface area contributed by atoms with E-state index in [1.54, 1.807) is 10.9 Å². The summed E-state index contributed by atoms with van der Waals surface area (Å²) in [6, 6.07) is 7.53. The molecule has 0 unspecified atom stereocenters. The molecule has 29 heavy (non-hydrogen) atoms. The van der Waals surface area contributed by atoms with E-state index in [2.05, 4.69) is 20.7 Å². The Kier molecular flexibility index (Phi) is 6.69. The average Bonchev–Trinajstić information content (AvgIpc) is 3.08. The third-order valence-corrected chi connectivity index (χ3v) is 4.70. The van der Waals surface area contributed by atoms with E-state index >= 15 is 0 Å². The molecule has 0 saturated heterocycles. The van der Waals surface area contributed by atoms with Crippen molar-refractivity contribution in [2.75, 3.05) is 18.4 Å². The fourth-order valence-corrected chi connectivity index (χ4v) is 3.16. The van der Waals surface area contributed by atoms with Gasteiger partial charge in [0.15, 0.2) is 5.65 Å². The lowest BCUT2D eigenvalue weighted by Crippen LogP contribution is -2.29. The summed E-state index contributed by atoms with van der Waals surface area (Å²) in [6.45, 7) is 9.23. The Morgan fingerprint density at radius 3 is 2.59 bits per heavy atom. The molecule has 1 amide bonds. The van der Waals surface area contributed by atoms with Crippen molar-refractivity contribution in [3.05, 3.63) is 41.3 Å². The minimum atomic E-state index is 0.0593. The predicted molar refractivity (Wildman–Crippen MR) is 117 cm³/mol. The van der Waals surface area contributed by atoms with Crippen LogP contribution in [0.1, 0.15) is 45.9 Å². The second-order valence-corrected chi connectivity index (χ2v) is 8.11. The number of para-hydroxylation sites is 1. The van der Waals surface area contributed by atoms with E-state index in [4.69, 9.17) is 16.6 Å². The van der Waals surface area contributed by atoms with Crippen molar-refractivity contribution in [1.82, 2.24) is 25.1 Å². The molecule has 0 spiro atoms. The Balaban J connectivity index is 1.86. The van der Waals surface area contributed by atoms with Gasteiger partial charge in [-0.05, 0) is 18.1 Å². The largest absolute Gasteiger partial charge is 0.368 e. The molecule has 1 aromatic carbocycles. The average molecular weight is 415 g/mol. The van der Waals surface area contributed by atoms with Gasteiger partial charge in [0.2, 0.25) is 5.91 Å². The van der Waals surface area contributed by atoms with Gasteiger partial charge < -0.3 is 10.6 Å². The molecule has 0 aliphatic rings. The molecular weight excluding hydrogens is 388 g/mol. The highest BCUT2D eigenvalue weighted by atomic mass is 35.5. The molecule has 154 valence electrons. The summed E-state index contributed by atoms with van der Waals surface area (Å²) in [5.41, 5.74) is 1.47. The number of hydrogen-bond acceptors (Lipinski definition) is 5. The van der Waals surface area contributed by atoms with Gasteiger partial charge in [-0.3, -0.25) is 4.79 Å². The smallest absolute Gasteiger partial charge is 0.220 e. The van der Waals surface area contributed by atoms with Crippen LogP contribution in [0.5, 0.6) is 0 Å². The predicted octanol–water partition coefficient (Wildman–Crippen LogP) is 4.17. The number of carbonyl (C=O) groups excluding carboxylic acids is 1. The first-order valence-corrected chi connectivity index (χ1v) is 10.3. The molecule has 2 heterocycles. The van der Waals surface area contributed by atoms with Crippen LogP contribution >= 0.6 is 11.6 Å². The number of nitrogens with zero attached hydrogens (tertiary/aromatic N) is 4. The Bertz CT molecular complexity index is 998. The normalized spacial score (nSPS) is 11.4. The molecule has 7 nitrogen and oxygen atoms in total. The Labute approximate surface area is 175 Å². The zero-order valence-electron chi connectivity index (χ0n) is 17.2. The number of hydrogen-bond donors (Lipinski definition) is 2. The van der Waals surface area contributed by atoms with Crippen molar-refractivity contribution in [2.45, 2.75) is 40.0 Å². The molecule has 0 bridgehead atoms. The van der Waals surface area contributed by atoms with Crippen LogP contribution in [0.4, 0.5) is 5.82 Å². The van der Waals surface area contributed by atoms with Gasteiger partial charge >= 0.3 is 0 Å². The van der Waals surface area contributed by atoms with Crippen LogP contribution in [-0.4, -0.2) is 38.7 Å². The van der Waals surface area contributed by atoms with Crippen LogP contribution in [-0.2, 0) is 4.79 Å². The van der Waals surface area contributed by atoms with Crippen LogP contribution in [0, 0.1) is 5.92 Å². The van der Waals surface area contributed by atoms with Gasteiger partial charge in [0.05, 0.1) is 22.3 Å². The van der Waals surface area contributed by atoms with Crippen LogP contribution in [0.25, 0.3) is 16.7 Å². The Morgan fingerprint density at radius 2 is 1.90 bits per heavy atom. The molecule has 0 fully saturated rings. The highest BCUT2D eigenvalue weighted by molar-refractivity contribution is 6.32. The van der Waals surface area contributed by atoms with Crippen molar-refractivity contribution in [1.29, 1.82) is 0 Å². The van der Waals surface area contributed by atoms with Gasteiger partial charge in [-0.1, -0.05) is 51.4 Å². The molecule has 2 aromatic heterocycles. The molecule has 0 aliphatic carbocycles. The first kappa shape index (κ1) is 21.0. The fraction of sp³-hybridized carbons (Fsp3) is 0.429. The van der Waals surface area contributed by atoms with Crippen molar-refractivity contribution in [2.24, 2.45) is 5.92 Å². The van der Waals surface area contributed by atoms with E-state index in [9.17, 15) is 4.79 Å². The summed E-state index contributed by atoms with van der Waals surface area (Å²) < 4.78 is 1.74. The number of anilines is 1. The molecule has 0 radical (unpaired) electrons. The standard InChI is InChI=1S/C21H27ClN6O/c1-13(2)11-18(29)23-9-10-24-20-15-12-25-28(17-8-6-5-7-16(17)22)21(15)27-19(26-20)14(3)4/h5-8,12-14H,9-11H2,1-4H3,(H,23,29)(H,24,26,27). The lowest BCUT2D eigenvalue weighted by Gasteiger charge is -2.12. The van der Waals surface area contributed by atoms with E-state index in [-0.39, 0.29) is 11.8 Å². The maximum Gasteiger partial charge on any atom is 0.220 e. The molecular formula is C21H27ClN6O. The fourth-order valence-electron chi connectivity index (χ4n) is 2.94. The number of carbonyl (C=O) groups is 1. The topological polar surface area (TPSA) is 84.7 Å². The van der Waals surface area contributed by atoms with Gasteiger partial charge in [0, 0.05) is 25.4 Å². The van der Waals surface area contributed by atoms with Gasteiger partial charge in [0.1, 0.15) is 11.6 Å². The number of amides is 1. The van der Waals surface area contributed by atoms with E-state index < -0.39 is 0 Å². The maximum atomic E-state index is 11.8. The zero-order valence-corrected chi connectivity index (χ0v) is 18.0. The van der Waals surface area contributed by atoms with Gasteiger partial charge in [-0.25, -0.2) is 14.6 Å². The first-order valence-electron chi connectivity index (χ1n) is 9.88. The van der Waals surface area contributed by atoms with Crippen LogP contribution < -0.4 is 10.6 Å². The maximum absolute atomic E-state index is 11.8. The highest BCUT2D eigenvalue weighted by Crippen LogP contribution is 2.27. The number of halogens is 1. The molecule has 0 aliphatic heterocycles. The van der Waals surface area contributed by atoms with Crippen molar-refractivity contribution in [3.8, 4) is 5.69 Å². The SMILES string of the molecule is CC(C)CC(=O)NCCNc1nc(C(C)C)nc2c1cnn2-c1ccccc1Cl. The second kappa shape index (κ2) is 9.22. The molecule has 0 atom stereocenters. The molecule has 3 rings (SSSR count). The summed E-state index contributed by atoms with van der Waals surface area (Å²) >= 11 is 6.37. The summed E-state index contributed by atoms with van der Waals surface area (Å²) in [4.78, 5) is 21.2. The highest BCUT2D eigenvalue weighted by Gasteiger charge is 2.16. The molecule has 3 aromatic rings. The van der Waals surface area contributed by atoms with E-state index in [0.29, 0.717) is 41.9 Å². The van der Waals surface area contributed by atoms with Crippen molar-refractivity contribution >= 4 is 34.4 Å². The number of benzene rings is 1. The Morgan fingerprint density at radius 1 is 1.14 bits per heavy atom. The summed E-state index contributed by atoms with van der Waals surface area (Å²) in [6.07, 6.45) is 2.27. The quantitative estimate of drug-likeness (QED) is 0.540. The zero-order chi connectivity index (χ0) is 21.0. The van der Waals surface area contributed by atoms with Gasteiger partial charge in [-0.2, -0.15) is 5.10 Å².